The molecule has 0 radical (unpaired) electrons. The lowest BCUT2D eigenvalue weighted by atomic mass is 10.1. The summed E-state index contributed by atoms with van der Waals surface area (Å²) in [5.41, 5.74) is 0. The van der Waals surface area contributed by atoms with Crippen LogP contribution in [0, 0.1) is 0 Å². The van der Waals surface area contributed by atoms with Crippen LogP contribution < -0.4 is 0 Å². The van der Waals surface area contributed by atoms with E-state index in [2.05, 4.69) is 13.0 Å². The van der Waals surface area contributed by atoms with Crippen LogP contribution in [-0.2, 0) is 9.53 Å². The monoisotopic (exact) mass is 198 g/mol. The minimum atomic E-state index is -0.124. The Balaban J connectivity index is 3.15. The Morgan fingerprint density at radius 3 is 2.57 bits per heavy atom. The molecule has 82 valence electrons. The topological polar surface area (TPSA) is 26.3 Å². The lowest BCUT2D eigenvalue weighted by Gasteiger charge is -1.97. The summed E-state index contributed by atoms with van der Waals surface area (Å²) < 4.78 is 4.89. The number of hydrogen-bond donors (Lipinski definition) is 0. The van der Waals surface area contributed by atoms with Crippen LogP contribution >= 0.6 is 0 Å². The van der Waals surface area contributed by atoms with Gasteiger partial charge in [-0.1, -0.05) is 45.3 Å². The Morgan fingerprint density at radius 1 is 1.14 bits per heavy atom. The highest BCUT2D eigenvalue weighted by Crippen LogP contribution is 2.02. The number of ether oxygens (including phenoxy) is 1. The van der Waals surface area contributed by atoms with Crippen LogP contribution in [-0.4, -0.2) is 12.6 Å². The van der Waals surface area contributed by atoms with Gasteiger partial charge in [0.1, 0.15) is 6.61 Å². The molecule has 0 N–H and O–H groups in total. The van der Waals surface area contributed by atoms with E-state index < -0.39 is 0 Å². The molecule has 0 unspecified atom stereocenters. The standard InChI is InChI=1S/C12H22O2/c1-3-5-6-7-8-9-10-11-14-12(13)4-2/h9-10H,3-8,11H2,1-2H3/b10-9-. The number of allylic oxidation sites excluding steroid dienone is 1. The summed E-state index contributed by atoms with van der Waals surface area (Å²) in [6.45, 7) is 4.44. The number of hydrogen-bond acceptors (Lipinski definition) is 2. The third-order valence-corrected chi connectivity index (χ3v) is 2.02. The van der Waals surface area contributed by atoms with Crippen LogP contribution in [0.1, 0.15) is 52.4 Å². The number of carbonyl (C=O) groups excluding carboxylic acids is 1. The molecule has 0 aromatic heterocycles. The molecule has 0 heterocycles. The summed E-state index contributed by atoms with van der Waals surface area (Å²) in [6, 6.07) is 0. The third-order valence-electron chi connectivity index (χ3n) is 2.02. The maximum absolute atomic E-state index is 10.7. The molecule has 0 amide bonds. The molecule has 0 atom stereocenters. The van der Waals surface area contributed by atoms with Crippen molar-refractivity contribution in [2.75, 3.05) is 6.61 Å². The van der Waals surface area contributed by atoms with Crippen molar-refractivity contribution in [3.8, 4) is 0 Å². The number of esters is 1. The second-order valence-corrected chi connectivity index (χ2v) is 3.36. The molecule has 0 spiro atoms. The molecule has 0 aromatic carbocycles. The van der Waals surface area contributed by atoms with Crippen LogP contribution in [0.3, 0.4) is 0 Å². The van der Waals surface area contributed by atoms with Crippen molar-refractivity contribution >= 4 is 5.97 Å². The van der Waals surface area contributed by atoms with E-state index in [1.54, 1.807) is 6.92 Å². The minimum Gasteiger partial charge on any atom is -0.461 e. The summed E-state index contributed by atoms with van der Waals surface area (Å²) in [4.78, 5) is 10.7. The molecular weight excluding hydrogens is 176 g/mol. The maximum atomic E-state index is 10.7. The number of carbonyl (C=O) groups is 1. The molecule has 0 fully saturated rings. The van der Waals surface area contributed by atoms with Gasteiger partial charge >= 0.3 is 5.97 Å². The zero-order chi connectivity index (χ0) is 10.6. The van der Waals surface area contributed by atoms with E-state index in [4.69, 9.17) is 4.74 Å². The Labute approximate surface area is 87.3 Å². The molecule has 0 aromatic rings. The largest absolute Gasteiger partial charge is 0.461 e. The zero-order valence-electron chi connectivity index (χ0n) is 9.42. The first kappa shape index (κ1) is 13.2. The van der Waals surface area contributed by atoms with Crippen molar-refractivity contribution in [2.24, 2.45) is 0 Å². The maximum Gasteiger partial charge on any atom is 0.305 e. The van der Waals surface area contributed by atoms with E-state index in [1.165, 1.54) is 25.7 Å². The van der Waals surface area contributed by atoms with Crippen LogP contribution in [0.5, 0.6) is 0 Å². The van der Waals surface area contributed by atoms with Crippen molar-refractivity contribution in [1.82, 2.24) is 0 Å². The minimum absolute atomic E-state index is 0.124. The van der Waals surface area contributed by atoms with Gasteiger partial charge in [-0.3, -0.25) is 4.79 Å². The van der Waals surface area contributed by atoms with Crippen LogP contribution in [0.2, 0.25) is 0 Å². The normalized spacial score (nSPS) is 10.7. The molecule has 0 aliphatic rings. The highest BCUT2D eigenvalue weighted by Gasteiger charge is 1.93. The summed E-state index contributed by atoms with van der Waals surface area (Å²) >= 11 is 0. The van der Waals surface area contributed by atoms with Crippen LogP contribution in [0.4, 0.5) is 0 Å². The van der Waals surface area contributed by atoms with E-state index in [1.807, 2.05) is 6.08 Å². The van der Waals surface area contributed by atoms with Gasteiger partial charge in [0.2, 0.25) is 0 Å². The van der Waals surface area contributed by atoms with Crippen molar-refractivity contribution in [2.45, 2.75) is 52.4 Å². The van der Waals surface area contributed by atoms with Gasteiger partial charge in [-0.2, -0.15) is 0 Å². The average Bonchev–Trinajstić information content (AvgIpc) is 2.21. The van der Waals surface area contributed by atoms with E-state index in [0.29, 0.717) is 13.0 Å². The first-order valence-electron chi connectivity index (χ1n) is 5.61. The summed E-state index contributed by atoms with van der Waals surface area (Å²) in [5, 5.41) is 0. The highest BCUT2D eigenvalue weighted by atomic mass is 16.5. The molecule has 0 bridgehead atoms. The average molecular weight is 198 g/mol. The van der Waals surface area contributed by atoms with E-state index >= 15 is 0 Å². The van der Waals surface area contributed by atoms with E-state index in [9.17, 15) is 4.79 Å². The lowest BCUT2D eigenvalue weighted by Crippen LogP contribution is -2.01. The fourth-order valence-corrected chi connectivity index (χ4v) is 1.12. The first-order chi connectivity index (χ1) is 6.81. The Morgan fingerprint density at radius 2 is 1.93 bits per heavy atom. The SMILES string of the molecule is CCCCCC/C=C\COC(=O)CC. The van der Waals surface area contributed by atoms with Gasteiger partial charge in [0.15, 0.2) is 0 Å². The molecule has 0 rings (SSSR count). The Bertz CT molecular complexity index is 162. The Hall–Kier alpha value is -0.790. The van der Waals surface area contributed by atoms with Gasteiger partial charge in [0.25, 0.3) is 0 Å². The molecule has 2 nitrogen and oxygen atoms in total. The smallest absolute Gasteiger partial charge is 0.305 e. The van der Waals surface area contributed by atoms with Gasteiger partial charge in [-0.25, -0.2) is 0 Å². The molecule has 2 heteroatoms. The number of rotatable bonds is 8. The summed E-state index contributed by atoms with van der Waals surface area (Å²) in [5.74, 6) is -0.124. The van der Waals surface area contributed by atoms with Crippen molar-refractivity contribution in [3.63, 3.8) is 0 Å². The van der Waals surface area contributed by atoms with Gasteiger partial charge in [-0.05, 0) is 12.8 Å². The molecule has 0 aliphatic carbocycles. The molecule has 14 heavy (non-hydrogen) atoms. The van der Waals surface area contributed by atoms with E-state index in [0.717, 1.165) is 6.42 Å². The predicted molar refractivity (Wildman–Crippen MR) is 59.1 cm³/mol. The quantitative estimate of drug-likeness (QED) is 0.339. The molecule has 0 saturated heterocycles. The van der Waals surface area contributed by atoms with Gasteiger partial charge < -0.3 is 4.74 Å². The molecular formula is C12H22O2. The second-order valence-electron chi connectivity index (χ2n) is 3.36. The van der Waals surface area contributed by atoms with Gasteiger partial charge in [-0.15, -0.1) is 0 Å². The van der Waals surface area contributed by atoms with Crippen LogP contribution in [0.25, 0.3) is 0 Å². The van der Waals surface area contributed by atoms with Crippen molar-refractivity contribution in [3.05, 3.63) is 12.2 Å². The Kier molecular flexibility index (Phi) is 9.71. The number of unbranched alkanes of at least 4 members (excludes halogenated alkanes) is 4. The first-order valence-corrected chi connectivity index (χ1v) is 5.61. The lowest BCUT2D eigenvalue weighted by molar-refractivity contribution is -0.141. The van der Waals surface area contributed by atoms with Crippen molar-refractivity contribution in [1.29, 1.82) is 0 Å². The fraction of sp³-hybridized carbons (Fsp3) is 0.750. The van der Waals surface area contributed by atoms with E-state index in [-0.39, 0.29) is 5.97 Å². The van der Waals surface area contributed by atoms with Gasteiger partial charge in [0.05, 0.1) is 0 Å². The van der Waals surface area contributed by atoms with Crippen molar-refractivity contribution < 1.29 is 9.53 Å². The second kappa shape index (κ2) is 10.3. The molecule has 0 saturated carbocycles. The summed E-state index contributed by atoms with van der Waals surface area (Å²) in [6.07, 6.45) is 10.7. The summed E-state index contributed by atoms with van der Waals surface area (Å²) in [7, 11) is 0. The van der Waals surface area contributed by atoms with Gasteiger partial charge in [0, 0.05) is 6.42 Å². The fourth-order valence-electron chi connectivity index (χ4n) is 1.12. The third kappa shape index (κ3) is 9.30. The molecule has 0 aliphatic heterocycles. The predicted octanol–water partition coefficient (Wildman–Crippen LogP) is 3.47. The highest BCUT2D eigenvalue weighted by molar-refractivity contribution is 5.68. The van der Waals surface area contributed by atoms with Crippen LogP contribution in [0.15, 0.2) is 12.2 Å². The zero-order valence-corrected chi connectivity index (χ0v) is 9.42.